The van der Waals surface area contributed by atoms with Crippen molar-refractivity contribution in [3.63, 3.8) is 0 Å². The van der Waals surface area contributed by atoms with E-state index in [1.165, 1.54) is 0 Å². The quantitative estimate of drug-likeness (QED) is 0.657. The fourth-order valence-electron chi connectivity index (χ4n) is 2.59. The van der Waals surface area contributed by atoms with Gasteiger partial charge in [-0.2, -0.15) is 5.26 Å². The van der Waals surface area contributed by atoms with Crippen molar-refractivity contribution < 1.29 is 0 Å². The van der Waals surface area contributed by atoms with Gasteiger partial charge in [0.25, 0.3) is 0 Å². The van der Waals surface area contributed by atoms with E-state index in [1.54, 1.807) is 0 Å². The zero-order valence-corrected chi connectivity index (χ0v) is 13.7. The van der Waals surface area contributed by atoms with Crippen molar-refractivity contribution in [3.8, 4) is 6.07 Å². The summed E-state index contributed by atoms with van der Waals surface area (Å²) < 4.78 is 0. The topological polar surface area (TPSA) is 42.3 Å². The molecule has 4 heteroatoms. The molecule has 2 atom stereocenters. The molecular weight excluding hydrogens is 236 g/mol. The molecule has 0 amide bonds. The van der Waals surface area contributed by atoms with Crippen LogP contribution in [0.1, 0.15) is 40.0 Å². The summed E-state index contributed by atoms with van der Waals surface area (Å²) in [5.41, 5.74) is -0.343. The van der Waals surface area contributed by atoms with Crippen LogP contribution in [0.3, 0.4) is 0 Å². The van der Waals surface area contributed by atoms with E-state index in [4.69, 9.17) is 0 Å². The van der Waals surface area contributed by atoms with Crippen LogP contribution in [0.25, 0.3) is 0 Å². The Balaban J connectivity index is 4.25. The molecule has 1 N–H and O–H groups in total. The van der Waals surface area contributed by atoms with Crippen molar-refractivity contribution in [3.05, 3.63) is 0 Å². The molecule has 0 aromatic heterocycles. The molecule has 0 aliphatic rings. The number of hydrogen-bond donors (Lipinski definition) is 1. The van der Waals surface area contributed by atoms with E-state index < -0.39 is 0 Å². The van der Waals surface area contributed by atoms with Crippen molar-refractivity contribution in [2.45, 2.75) is 51.6 Å². The minimum Gasteiger partial charge on any atom is -0.308 e. The normalized spacial score (nSPS) is 16.4. The molecule has 0 bridgehead atoms. The lowest BCUT2D eigenvalue weighted by molar-refractivity contribution is 0.174. The van der Waals surface area contributed by atoms with Gasteiger partial charge in [0.15, 0.2) is 0 Å². The van der Waals surface area contributed by atoms with Gasteiger partial charge >= 0.3 is 0 Å². The van der Waals surface area contributed by atoms with Crippen LogP contribution in [0.15, 0.2) is 0 Å². The summed E-state index contributed by atoms with van der Waals surface area (Å²) in [5.74, 6) is 0. The van der Waals surface area contributed by atoms with Crippen molar-refractivity contribution in [2.75, 3.05) is 40.8 Å². The number of hydrogen-bond acceptors (Lipinski definition) is 4. The summed E-state index contributed by atoms with van der Waals surface area (Å²) in [6.07, 6.45) is 2.84. The van der Waals surface area contributed by atoms with Gasteiger partial charge in [-0.15, -0.1) is 0 Å². The van der Waals surface area contributed by atoms with Gasteiger partial charge in [-0.3, -0.25) is 4.90 Å². The molecule has 0 saturated heterocycles. The highest BCUT2D eigenvalue weighted by molar-refractivity contribution is 5.05. The summed E-state index contributed by atoms with van der Waals surface area (Å²) in [4.78, 5) is 4.72. The minimum absolute atomic E-state index is 0.343. The first-order valence-corrected chi connectivity index (χ1v) is 7.43. The smallest absolute Gasteiger partial charge is 0.106 e. The lowest BCUT2D eigenvalue weighted by Crippen LogP contribution is -2.43. The number of rotatable bonds is 10. The van der Waals surface area contributed by atoms with Gasteiger partial charge in [0.1, 0.15) is 5.54 Å². The second kappa shape index (κ2) is 9.30. The van der Waals surface area contributed by atoms with E-state index in [-0.39, 0.29) is 5.54 Å². The van der Waals surface area contributed by atoms with Crippen LogP contribution in [-0.2, 0) is 0 Å². The first-order valence-electron chi connectivity index (χ1n) is 7.43. The molecule has 0 spiro atoms. The number of likely N-dealkylation sites (N-methyl/N-ethyl adjacent to an activating group) is 2. The van der Waals surface area contributed by atoms with Gasteiger partial charge in [0.05, 0.1) is 6.07 Å². The molecule has 112 valence electrons. The van der Waals surface area contributed by atoms with Crippen LogP contribution in [0, 0.1) is 11.3 Å². The van der Waals surface area contributed by atoms with E-state index >= 15 is 0 Å². The highest BCUT2D eigenvalue weighted by Gasteiger charge is 2.25. The lowest BCUT2D eigenvalue weighted by atomic mass is 9.92. The molecule has 0 radical (unpaired) electrons. The zero-order valence-electron chi connectivity index (χ0n) is 13.7. The zero-order chi connectivity index (χ0) is 14.9. The van der Waals surface area contributed by atoms with Crippen molar-refractivity contribution in [1.82, 2.24) is 15.1 Å². The summed E-state index contributed by atoms with van der Waals surface area (Å²) in [6.45, 7) is 9.78. The van der Waals surface area contributed by atoms with E-state index in [9.17, 15) is 5.26 Å². The Hall–Kier alpha value is -0.630. The second-order valence-corrected chi connectivity index (χ2v) is 5.64. The standard InChI is InChI=1S/C15H32N4/c1-7-15(13-16,17-4)10-9-11-19(8-2)14(3)12-18(5)6/h14,17H,7-12H2,1-6H3. The largest absolute Gasteiger partial charge is 0.308 e. The number of nitriles is 1. The van der Waals surface area contributed by atoms with Gasteiger partial charge in [0.2, 0.25) is 0 Å². The molecule has 0 rings (SSSR count). The predicted octanol–water partition coefficient (Wildman–Crippen LogP) is 1.93. The summed E-state index contributed by atoms with van der Waals surface area (Å²) in [6, 6.07) is 2.99. The van der Waals surface area contributed by atoms with Gasteiger partial charge in [-0.1, -0.05) is 13.8 Å². The maximum absolute atomic E-state index is 9.29. The molecule has 19 heavy (non-hydrogen) atoms. The number of nitrogens with zero attached hydrogens (tertiary/aromatic N) is 3. The Morgan fingerprint density at radius 2 is 1.95 bits per heavy atom. The monoisotopic (exact) mass is 268 g/mol. The van der Waals surface area contributed by atoms with Crippen LogP contribution < -0.4 is 5.32 Å². The van der Waals surface area contributed by atoms with Gasteiger partial charge in [0, 0.05) is 12.6 Å². The fourth-order valence-corrected chi connectivity index (χ4v) is 2.59. The third kappa shape index (κ3) is 6.38. The van der Waals surface area contributed by atoms with Crippen LogP contribution in [0.5, 0.6) is 0 Å². The highest BCUT2D eigenvalue weighted by atomic mass is 15.2. The molecule has 0 aliphatic heterocycles. The molecule has 0 saturated carbocycles. The lowest BCUT2D eigenvalue weighted by Gasteiger charge is -2.31. The van der Waals surface area contributed by atoms with E-state index in [2.05, 4.69) is 56.1 Å². The second-order valence-electron chi connectivity index (χ2n) is 5.64. The van der Waals surface area contributed by atoms with Crippen molar-refractivity contribution >= 4 is 0 Å². The summed E-state index contributed by atoms with van der Waals surface area (Å²) >= 11 is 0. The molecule has 0 aliphatic carbocycles. The first-order chi connectivity index (χ1) is 8.94. The Morgan fingerprint density at radius 3 is 2.32 bits per heavy atom. The average Bonchev–Trinajstić information content (AvgIpc) is 2.39. The van der Waals surface area contributed by atoms with Gasteiger partial charge in [-0.25, -0.2) is 0 Å². The van der Waals surface area contributed by atoms with Crippen LogP contribution >= 0.6 is 0 Å². The Labute approximate surface area is 119 Å². The fraction of sp³-hybridized carbons (Fsp3) is 0.933. The van der Waals surface area contributed by atoms with E-state index in [0.717, 1.165) is 38.9 Å². The van der Waals surface area contributed by atoms with Crippen LogP contribution in [0.2, 0.25) is 0 Å². The molecule has 0 aromatic rings. The molecular formula is C15H32N4. The SMILES string of the molecule is CCN(CCCC(C#N)(CC)NC)C(C)CN(C)C. The predicted molar refractivity (Wildman–Crippen MR) is 82.2 cm³/mol. The van der Waals surface area contributed by atoms with Gasteiger partial charge < -0.3 is 10.2 Å². The Morgan fingerprint density at radius 1 is 1.32 bits per heavy atom. The molecule has 4 nitrogen and oxygen atoms in total. The Bertz CT molecular complexity index is 266. The van der Waals surface area contributed by atoms with Crippen molar-refractivity contribution in [2.24, 2.45) is 0 Å². The maximum atomic E-state index is 9.29. The van der Waals surface area contributed by atoms with Crippen LogP contribution in [0.4, 0.5) is 0 Å². The number of nitrogens with one attached hydrogen (secondary N) is 1. The molecule has 0 heterocycles. The van der Waals surface area contributed by atoms with Gasteiger partial charge in [-0.05, 0) is 60.4 Å². The summed E-state index contributed by atoms with van der Waals surface area (Å²) in [7, 11) is 6.12. The van der Waals surface area contributed by atoms with Crippen LogP contribution in [-0.4, -0.2) is 62.2 Å². The third-order valence-electron chi connectivity index (χ3n) is 4.00. The van der Waals surface area contributed by atoms with Crippen molar-refractivity contribution in [1.29, 1.82) is 5.26 Å². The maximum Gasteiger partial charge on any atom is 0.106 e. The minimum atomic E-state index is -0.343. The average molecular weight is 268 g/mol. The highest BCUT2D eigenvalue weighted by Crippen LogP contribution is 2.16. The molecule has 0 aromatic carbocycles. The summed E-state index contributed by atoms with van der Waals surface area (Å²) in [5, 5.41) is 12.5. The van der Waals surface area contributed by atoms with E-state index in [0.29, 0.717) is 6.04 Å². The molecule has 0 fully saturated rings. The first kappa shape index (κ1) is 18.4. The van der Waals surface area contributed by atoms with E-state index in [1.807, 2.05) is 7.05 Å². The Kier molecular flexibility index (Phi) is 8.99. The molecule has 2 unspecified atom stereocenters. The third-order valence-corrected chi connectivity index (χ3v) is 4.00.